The molecule has 0 fully saturated rings. The Morgan fingerprint density at radius 2 is 2.15 bits per heavy atom. The molecule has 1 aromatic carbocycles. The van der Waals surface area contributed by atoms with E-state index in [2.05, 4.69) is 31.5 Å². The quantitative estimate of drug-likeness (QED) is 0.922. The maximum atomic E-state index is 13.4. The molecule has 2 rings (SSSR count). The Labute approximate surface area is 122 Å². The van der Waals surface area contributed by atoms with Crippen LogP contribution in [0.4, 0.5) is 4.39 Å². The van der Waals surface area contributed by atoms with Crippen LogP contribution in [-0.4, -0.2) is 31.3 Å². The molecule has 0 aliphatic carbocycles. The number of carboxylic acids is 1. The Morgan fingerprint density at radius 1 is 1.45 bits per heavy atom. The smallest absolute Gasteiger partial charge is 0.310 e. The zero-order valence-electron chi connectivity index (χ0n) is 10.8. The summed E-state index contributed by atoms with van der Waals surface area (Å²) in [4.78, 5) is 11.2. The average molecular weight is 343 g/mol. The lowest BCUT2D eigenvalue weighted by atomic mass is 9.94. The Bertz CT molecular complexity index is 636. The number of tetrazole rings is 1. The summed E-state index contributed by atoms with van der Waals surface area (Å²) in [6.45, 7) is 3.23. The van der Waals surface area contributed by atoms with Crippen LogP contribution in [0.1, 0.15) is 13.8 Å². The Balaban J connectivity index is 2.40. The van der Waals surface area contributed by atoms with E-state index in [1.54, 1.807) is 19.9 Å². The van der Waals surface area contributed by atoms with Gasteiger partial charge >= 0.3 is 5.97 Å². The molecule has 106 valence electrons. The Kier molecular flexibility index (Phi) is 3.85. The lowest BCUT2D eigenvalue weighted by Gasteiger charge is -2.19. The van der Waals surface area contributed by atoms with E-state index in [0.717, 1.165) is 0 Å². The summed E-state index contributed by atoms with van der Waals surface area (Å²) in [5.41, 5.74) is -0.558. The number of nitrogens with zero attached hydrogens (tertiary/aromatic N) is 4. The van der Waals surface area contributed by atoms with Crippen molar-refractivity contribution in [2.45, 2.75) is 20.4 Å². The van der Waals surface area contributed by atoms with Crippen LogP contribution in [-0.2, 0) is 11.3 Å². The molecule has 1 heterocycles. The zero-order valence-corrected chi connectivity index (χ0v) is 12.4. The third-order valence-corrected chi connectivity index (χ3v) is 3.23. The molecule has 20 heavy (non-hydrogen) atoms. The summed E-state index contributed by atoms with van der Waals surface area (Å²) in [6.07, 6.45) is 0. The normalized spacial score (nSPS) is 11.6. The van der Waals surface area contributed by atoms with Crippen LogP contribution in [0.2, 0.25) is 0 Å². The van der Waals surface area contributed by atoms with E-state index in [0.29, 0.717) is 15.9 Å². The van der Waals surface area contributed by atoms with Crippen LogP contribution in [0, 0.1) is 11.2 Å². The number of halogens is 2. The van der Waals surface area contributed by atoms with Gasteiger partial charge in [0, 0.05) is 10.0 Å². The lowest BCUT2D eigenvalue weighted by Crippen LogP contribution is -2.30. The summed E-state index contributed by atoms with van der Waals surface area (Å²) in [5.74, 6) is -1.07. The monoisotopic (exact) mass is 342 g/mol. The first kappa shape index (κ1) is 14.6. The molecule has 0 radical (unpaired) electrons. The number of rotatable bonds is 4. The lowest BCUT2D eigenvalue weighted by molar-refractivity contribution is -0.147. The van der Waals surface area contributed by atoms with Crippen LogP contribution in [0.15, 0.2) is 22.7 Å². The molecule has 6 nitrogen and oxygen atoms in total. The molecule has 0 aliphatic rings. The van der Waals surface area contributed by atoms with Gasteiger partial charge in [-0.25, -0.2) is 9.07 Å². The highest BCUT2D eigenvalue weighted by Gasteiger charge is 2.29. The van der Waals surface area contributed by atoms with Gasteiger partial charge in [0.1, 0.15) is 5.82 Å². The summed E-state index contributed by atoms with van der Waals surface area (Å²) in [7, 11) is 0. The van der Waals surface area contributed by atoms with Crippen LogP contribution < -0.4 is 0 Å². The van der Waals surface area contributed by atoms with E-state index in [9.17, 15) is 9.18 Å². The van der Waals surface area contributed by atoms with Crippen LogP contribution in [0.25, 0.3) is 11.4 Å². The van der Waals surface area contributed by atoms with Crippen molar-refractivity contribution in [2.24, 2.45) is 5.41 Å². The molecule has 2 aromatic rings. The molecule has 0 spiro atoms. The number of hydrogen-bond acceptors (Lipinski definition) is 4. The highest BCUT2D eigenvalue weighted by Crippen LogP contribution is 2.25. The zero-order chi connectivity index (χ0) is 14.9. The summed E-state index contributed by atoms with van der Waals surface area (Å²) in [5, 5.41) is 20.3. The fourth-order valence-electron chi connectivity index (χ4n) is 1.64. The number of aliphatic carboxylic acids is 1. The third-order valence-electron chi connectivity index (χ3n) is 2.78. The molecular weight excluding hydrogens is 331 g/mol. The average Bonchev–Trinajstić information content (AvgIpc) is 2.74. The van der Waals surface area contributed by atoms with Gasteiger partial charge in [-0.3, -0.25) is 4.79 Å². The first-order valence-electron chi connectivity index (χ1n) is 5.75. The van der Waals surface area contributed by atoms with Crippen molar-refractivity contribution >= 4 is 21.9 Å². The molecular formula is C12H12BrFN4O2. The number of hydrogen-bond donors (Lipinski definition) is 1. The van der Waals surface area contributed by atoms with E-state index in [1.807, 2.05) is 0 Å². The van der Waals surface area contributed by atoms with E-state index >= 15 is 0 Å². The third kappa shape index (κ3) is 3.01. The molecule has 1 aromatic heterocycles. The number of benzene rings is 1. The van der Waals surface area contributed by atoms with Gasteiger partial charge in [-0.2, -0.15) is 0 Å². The first-order valence-corrected chi connectivity index (χ1v) is 6.55. The second kappa shape index (κ2) is 5.28. The topological polar surface area (TPSA) is 80.9 Å². The molecule has 1 N–H and O–H groups in total. The van der Waals surface area contributed by atoms with Crippen molar-refractivity contribution in [1.29, 1.82) is 0 Å². The maximum absolute atomic E-state index is 13.4. The van der Waals surface area contributed by atoms with Gasteiger partial charge in [0.15, 0.2) is 5.82 Å². The second-order valence-electron chi connectivity index (χ2n) is 5.01. The maximum Gasteiger partial charge on any atom is 0.310 e. The van der Waals surface area contributed by atoms with Gasteiger partial charge in [-0.15, -0.1) is 5.10 Å². The molecule has 0 bridgehead atoms. The predicted molar refractivity (Wildman–Crippen MR) is 72.3 cm³/mol. The largest absolute Gasteiger partial charge is 0.481 e. The van der Waals surface area contributed by atoms with E-state index in [1.165, 1.54) is 16.8 Å². The number of carboxylic acid groups (broad SMARTS) is 1. The Morgan fingerprint density at radius 3 is 2.75 bits per heavy atom. The minimum atomic E-state index is -1.03. The van der Waals surface area contributed by atoms with Gasteiger partial charge in [0.05, 0.1) is 12.0 Å². The van der Waals surface area contributed by atoms with Gasteiger partial charge in [0.25, 0.3) is 0 Å². The SMILES string of the molecule is CC(C)(Cn1nnnc1-c1cc(F)cc(Br)c1)C(=O)O. The van der Waals surface area contributed by atoms with Crippen LogP contribution in [0.5, 0.6) is 0 Å². The van der Waals surface area contributed by atoms with E-state index in [4.69, 9.17) is 5.11 Å². The van der Waals surface area contributed by atoms with Crippen molar-refractivity contribution in [1.82, 2.24) is 20.2 Å². The number of carbonyl (C=O) groups is 1. The minimum Gasteiger partial charge on any atom is -0.481 e. The predicted octanol–water partition coefficient (Wildman–Crippen LogP) is 2.35. The van der Waals surface area contributed by atoms with E-state index in [-0.39, 0.29) is 6.54 Å². The molecule has 0 aliphatic heterocycles. The van der Waals surface area contributed by atoms with Gasteiger partial charge in [-0.05, 0) is 42.5 Å². The van der Waals surface area contributed by atoms with Gasteiger partial charge in [0.2, 0.25) is 0 Å². The van der Waals surface area contributed by atoms with Crippen molar-refractivity contribution < 1.29 is 14.3 Å². The molecule has 8 heteroatoms. The summed E-state index contributed by atoms with van der Waals surface area (Å²) >= 11 is 3.20. The molecule has 0 unspecified atom stereocenters. The fraction of sp³-hybridized carbons (Fsp3) is 0.333. The highest BCUT2D eigenvalue weighted by atomic mass is 79.9. The summed E-state index contributed by atoms with van der Waals surface area (Å²) < 4.78 is 15.3. The van der Waals surface area contributed by atoms with Crippen molar-refractivity contribution in [3.63, 3.8) is 0 Å². The molecule has 0 amide bonds. The van der Waals surface area contributed by atoms with E-state index < -0.39 is 17.2 Å². The minimum absolute atomic E-state index is 0.0821. The standard InChI is InChI=1S/C12H12BrFN4O2/c1-12(2,11(19)20)6-18-10(15-16-17-18)7-3-8(13)5-9(14)4-7/h3-5H,6H2,1-2H3,(H,19,20). The van der Waals surface area contributed by atoms with Crippen molar-refractivity contribution in [3.8, 4) is 11.4 Å². The molecule has 0 atom stereocenters. The fourth-order valence-corrected chi connectivity index (χ4v) is 2.11. The first-order chi connectivity index (χ1) is 9.29. The van der Waals surface area contributed by atoms with Crippen LogP contribution in [0.3, 0.4) is 0 Å². The van der Waals surface area contributed by atoms with Crippen LogP contribution >= 0.6 is 15.9 Å². The highest BCUT2D eigenvalue weighted by molar-refractivity contribution is 9.10. The molecule has 0 saturated heterocycles. The second-order valence-corrected chi connectivity index (χ2v) is 5.92. The molecule has 0 saturated carbocycles. The van der Waals surface area contributed by atoms with Crippen molar-refractivity contribution in [2.75, 3.05) is 0 Å². The summed E-state index contributed by atoms with van der Waals surface area (Å²) in [6, 6.07) is 4.28. The number of aromatic nitrogens is 4. The van der Waals surface area contributed by atoms with Gasteiger partial charge in [-0.1, -0.05) is 15.9 Å². The van der Waals surface area contributed by atoms with Gasteiger partial charge < -0.3 is 5.11 Å². The van der Waals surface area contributed by atoms with Crippen molar-refractivity contribution in [3.05, 3.63) is 28.5 Å². The Hall–Kier alpha value is -1.83.